The summed E-state index contributed by atoms with van der Waals surface area (Å²) in [5, 5.41) is 2.60. The van der Waals surface area contributed by atoms with Crippen molar-refractivity contribution in [1.29, 1.82) is 0 Å². The normalized spacial score (nSPS) is 17.6. The Morgan fingerprint density at radius 1 is 1.50 bits per heavy atom. The maximum absolute atomic E-state index is 11.4. The molecule has 0 radical (unpaired) electrons. The van der Waals surface area contributed by atoms with E-state index in [0.29, 0.717) is 5.56 Å². The summed E-state index contributed by atoms with van der Waals surface area (Å²) in [6.07, 6.45) is 2.04. The smallest absolute Gasteiger partial charge is 0.251 e. The van der Waals surface area contributed by atoms with Crippen LogP contribution in [-0.2, 0) is 5.54 Å². The molecule has 14 heavy (non-hydrogen) atoms. The summed E-state index contributed by atoms with van der Waals surface area (Å²) >= 11 is 0. The third-order valence-electron chi connectivity index (χ3n) is 2.72. The molecule has 1 aromatic carbocycles. The molecule has 1 saturated carbocycles. The van der Waals surface area contributed by atoms with Gasteiger partial charge in [0, 0.05) is 18.2 Å². The van der Waals surface area contributed by atoms with E-state index in [4.69, 9.17) is 5.73 Å². The zero-order chi connectivity index (χ0) is 10.2. The number of carbonyl (C=O) groups excluding carboxylic acids is 1. The summed E-state index contributed by atoms with van der Waals surface area (Å²) in [4.78, 5) is 11.4. The highest BCUT2D eigenvalue weighted by Crippen LogP contribution is 2.42. The van der Waals surface area contributed by atoms with Crippen molar-refractivity contribution in [1.82, 2.24) is 5.32 Å². The van der Waals surface area contributed by atoms with E-state index in [-0.39, 0.29) is 11.4 Å². The zero-order valence-electron chi connectivity index (χ0n) is 8.21. The molecule has 3 nitrogen and oxygen atoms in total. The summed E-state index contributed by atoms with van der Waals surface area (Å²) in [5.41, 5.74) is 7.63. The Labute approximate surface area is 83.3 Å². The van der Waals surface area contributed by atoms with Crippen molar-refractivity contribution in [3.05, 3.63) is 35.4 Å². The van der Waals surface area contributed by atoms with Crippen molar-refractivity contribution in [2.24, 2.45) is 5.73 Å². The lowest BCUT2D eigenvalue weighted by Crippen LogP contribution is -2.21. The average molecular weight is 190 g/mol. The predicted molar refractivity (Wildman–Crippen MR) is 54.9 cm³/mol. The van der Waals surface area contributed by atoms with Crippen molar-refractivity contribution in [2.45, 2.75) is 18.4 Å². The molecule has 0 spiro atoms. The highest BCUT2D eigenvalue weighted by atomic mass is 16.1. The van der Waals surface area contributed by atoms with Crippen molar-refractivity contribution >= 4 is 5.91 Å². The van der Waals surface area contributed by atoms with Crippen LogP contribution in [0.5, 0.6) is 0 Å². The first-order chi connectivity index (χ1) is 6.65. The first-order valence-corrected chi connectivity index (χ1v) is 4.77. The van der Waals surface area contributed by atoms with E-state index in [9.17, 15) is 4.79 Å². The standard InChI is InChI=1S/C11H14N2O/c1-13-10(14)8-3-2-4-9(7-8)11(12)5-6-11/h2-4,7H,5-6,12H2,1H3,(H,13,14). The van der Waals surface area contributed by atoms with Crippen LogP contribution in [0.25, 0.3) is 0 Å². The van der Waals surface area contributed by atoms with E-state index < -0.39 is 0 Å². The zero-order valence-corrected chi connectivity index (χ0v) is 8.21. The summed E-state index contributed by atoms with van der Waals surface area (Å²) in [6, 6.07) is 7.55. The quantitative estimate of drug-likeness (QED) is 0.730. The minimum Gasteiger partial charge on any atom is -0.355 e. The number of rotatable bonds is 2. The number of amides is 1. The Hall–Kier alpha value is -1.35. The second-order valence-electron chi connectivity index (χ2n) is 3.82. The largest absolute Gasteiger partial charge is 0.355 e. The van der Waals surface area contributed by atoms with E-state index in [1.807, 2.05) is 18.2 Å². The molecular weight excluding hydrogens is 176 g/mol. The van der Waals surface area contributed by atoms with E-state index in [1.165, 1.54) is 0 Å². The van der Waals surface area contributed by atoms with Gasteiger partial charge in [0.2, 0.25) is 0 Å². The number of benzene rings is 1. The fourth-order valence-corrected chi connectivity index (χ4v) is 1.54. The van der Waals surface area contributed by atoms with Gasteiger partial charge in [-0.25, -0.2) is 0 Å². The van der Waals surface area contributed by atoms with Gasteiger partial charge in [-0.3, -0.25) is 4.79 Å². The first-order valence-electron chi connectivity index (χ1n) is 4.77. The molecule has 74 valence electrons. The Balaban J connectivity index is 2.32. The lowest BCUT2D eigenvalue weighted by Gasteiger charge is -2.10. The fourth-order valence-electron chi connectivity index (χ4n) is 1.54. The first kappa shape index (κ1) is 9.21. The van der Waals surface area contributed by atoms with Gasteiger partial charge in [0.25, 0.3) is 5.91 Å². The average Bonchev–Trinajstić information content (AvgIpc) is 2.97. The molecule has 1 amide bonds. The molecule has 0 bridgehead atoms. The van der Waals surface area contributed by atoms with E-state index in [1.54, 1.807) is 13.1 Å². The van der Waals surface area contributed by atoms with Crippen LogP contribution in [0.1, 0.15) is 28.8 Å². The van der Waals surface area contributed by atoms with Crippen LogP contribution in [0.15, 0.2) is 24.3 Å². The van der Waals surface area contributed by atoms with Crippen LogP contribution in [-0.4, -0.2) is 13.0 Å². The maximum atomic E-state index is 11.4. The number of hydrogen-bond acceptors (Lipinski definition) is 2. The fraction of sp³-hybridized carbons (Fsp3) is 0.364. The Kier molecular flexibility index (Phi) is 2.04. The molecular formula is C11H14N2O. The third-order valence-corrected chi connectivity index (χ3v) is 2.72. The molecule has 3 N–H and O–H groups in total. The molecule has 1 aliphatic rings. The van der Waals surface area contributed by atoms with Crippen LogP contribution < -0.4 is 11.1 Å². The van der Waals surface area contributed by atoms with Crippen molar-refractivity contribution in [2.75, 3.05) is 7.05 Å². The highest BCUT2D eigenvalue weighted by Gasteiger charge is 2.40. The van der Waals surface area contributed by atoms with Crippen LogP contribution in [0.3, 0.4) is 0 Å². The van der Waals surface area contributed by atoms with Gasteiger partial charge < -0.3 is 11.1 Å². The highest BCUT2D eigenvalue weighted by molar-refractivity contribution is 5.94. The molecule has 1 fully saturated rings. The van der Waals surface area contributed by atoms with Gasteiger partial charge in [-0.15, -0.1) is 0 Å². The molecule has 0 heterocycles. The minimum absolute atomic E-state index is 0.0592. The van der Waals surface area contributed by atoms with Crippen LogP contribution in [0.2, 0.25) is 0 Å². The number of hydrogen-bond donors (Lipinski definition) is 2. The molecule has 3 heteroatoms. The van der Waals surface area contributed by atoms with Gasteiger partial charge in [-0.2, -0.15) is 0 Å². The molecule has 1 aromatic rings. The van der Waals surface area contributed by atoms with Crippen molar-refractivity contribution in [3.8, 4) is 0 Å². The lowest BCUT2D eigenvalue weighted by molar-refractivity contribution is 0.0963. The van der Waals surface area contributed by atoms with Gasteiger partial charge in [0.05, 0.1) is 0 Å². The predicted octanol–water partition coefficient (Wildman–Crippen LogP) is 0.994. The van der Waals surface area contributed by atoms with Gasteiger partial charge in [-0.05, 0) is 30.5 Å². The number of nitrogens with two attached hydrogens (primary N) is 1. The van der Waals surface area contributed by atoms with Gasteiger partial charge in [-0.1, -0.05) is 12.1 Å². The summed E-state index contributed by atoms with van der Waals surface area (Å²) in [5.74, 6) is -0.0592. The van der Waals surface area contributed by atoms with Crippen LogP contribution in [0, 0.1) is 0 Å². The molecule has 0 saturated heterocycles. The van der Waals surface area contributed by atoms with Crippen LogP contribution in [0.4, 0.5) is 0 Å². The topological polar surface area (TPSA) is 55.1 Å². The molecule has 0 unspecified atom stereocenters. The van der Waals surface area contributed by atoms with Gasteiger partial charge in [0.1, 0.15) is 0 Å². The lowest BCUT2D eigenvalue weighted by atomic mass is 10.0. The van der Waals surface area contributed by atoms with Crippen molar-refractivity contribution in [3.63, 3.8) is 0 Å². The molecule has 1 aliphatic carbocycles. The Bertz CT molecular complexity index is 369. The van der Waals surface area contributed by atoms with Crippen molar-refractivity contribution < 1.29 is 4.79 Å². The number of nitrogens with one attached hydrogen (secondary N) is 1. The second kappa shape index (κ2) is 3.10. The summed E-state index contributed by atoms with van der Waals surface area (Å²) < 4.78 is 0. The molecule has 2 rings (SSSR count). The Morgan fingerprint density at radius 3 is 2.79 bits per heavy atom. The summed E-state index contributed by atoms with van der Waals surface area (Å²) in [7, 11) is 1.63. The maximum Gasteiger partial charge on any atom is 0.251 e. The summed E-state index contributed by atoms with van der Waals surface area (Å²) in [6.45, 7) is 0. The molecule has 0 aliphatic heterocycles. The Morgan fingerprint density at radius 2 is 2.21 bits per heavy atom. The number of carbonyl (C=O) groups is 1. The van der Waals surface area contributed by atoms with E-state index >= 15 is 0 Å². The molecule has 0 aromatic heterocycles. The monoisotopic (exact) mass is 190 g/mol. The van der Waals surface area contributed by atoms with E-state index in [2.05, 4.69) is 5.32 Å². The second-order valence-corrected chi connectivity index (χ2v) is 3.82. The molecule has 0 atom stereocenters. The SMILES string of the molecule is CNC(=O)c1cccc(C2(N)CC2)c1. The minimum atomic E-state index is -0.163. The van der Waals surface area contributed by atoms with Gasteiger partial charge >= 0.3 is 0 Å². The van der Waals surface area contributed by atoms with Crippen LogP contribution >= 0.6 is 0 Å². The third kappa shape index (κ3) is 1.51. The van der Waals surface area contributed by atoms with Gasteiger partial charge in [0.15, 0.2) is 0 Å². The van der Waals surface area contributed by atoms with E-state index in [0.717, 1.165) is 18.4 Å².